The Kier molecular flexibility index (Phi) is 3.42. The SMILES string of the molecule is O=C(Nc1cnc2ccccc2c1)C1CCNCC1. The highest BCUT2D eigenvalue weighted by molar-refractivity contribution is 5.94. The summed E-state index contributed by atoms with van der Waals surface area (Å²) in [5.41, 5.74) is 1.73. The second kappa shape index (κ2) is 5.36. The molecule has 0 saturated carbocycles. The number of carbonyl (C=O) groups is 1. The van der Waals surface area contributed by atoms with Crippen molar-refractivity contribution < 1.29 is 4.79 Å². The minimum absolute atomic E-state index is 0.110. The van der Waals surface area contributed by atoms with E-state index in [4.69, 9.17) is 0 Å². The van der Waals surface area contributed by atoms with Gasteiger partial charge in [0.2, 0.25) is 5.91 Å². The van der Waals surface area contributed by atoms with Crippen molar-refractivity contribution in [3.05, 3.63) is 36.5 Å². The number of para-hydroxylation sites is 1. The molecule has 1 amide bonds. The lowest BCUT2D eigenvalue weighted by Gasteiger charge is -2.21. The highest BCUT2D eigenvalue weighted by Gasteiger charge is 2.20. The quantitative estimate of drug-likeness (QED) is 0.864. The van der Waals surface area contributed by atoms with Gasteiger partial charge in [-0.3, -0.25) is 9.78 Å². The van der Waals surface area contributed by atoms with Crippen LogP contribution in [0.1, 0.15) is 12.8 Å². The first kappa shape index (κ1) is 12.1. The van der Waals surface area contributed by atoms with Crippen molar-refractivity contribution >= 4 is 22.5 Å². The summed E-state index contributed by atoms with van der Waals surface area (Å²) in [6.45, 7) is 1.85. The summed E-state index contributed by atoms with van der Waals surface area (Å²) in [7, 11) is 0. The van der Waals surface area contributed by atoms with Crippen molar-refractivity contribution in [1.82, 2.24) is 10.3 Å². The summed E-state index contributed by atoms with van der Waals surface area (Å²) in [4.78, 5) is 16.5. The lowest BCUT2D eigenvalue weighted by molar-refractivity contribution is -0.120. The second-order valence-corrected chi connectivity index (χ2v) is 4.93. The van der Waals surface area contributed by atoms with Gasteiger partial charge in [-0.15, -0.1) is 0 Å². The number of carbonyl (C=O) groups excluding carboxylic acids is 1. The molecule has 3 rings (SSSR count). The maximum Gasteiger partial charge on any atom is 0.227 e. The van der Waals surface area contributed by atoms with Crippen LogP contribution in [0.25, 0.3) is 10.9 Å². The first-order valence-electron chi connectivity index (χ1n) is 6.69. The lowest BCUT2D eigenvalue weighted by Crippen LogP contribution is -2.34. The van der Waals surface area contributed by atoms with Crippen molar-refractivity contribution in [2.24, 2.45) is 5.92 Å². The third-order valence-electron chi connectivity index (χ3n) is 3.57. The predicted octanol–water partition coefficient (Wildman–Crippen LogP) is 2.17. The van der Waals surface area contributed by atoms with Gasteiger partial charge in [0.05, 0.1) is 17.4 Å². The Morgan fingerprint density at radius 1 is 1.26 bits per heavy atom. The topological polar surface area (TPSA) is 54.0 Å². The Morgan fingerprint density at radius 3 is 2.89 bits per heavy atom. The van der Waals surface area contributed by atoms with Crippen LogP contribution in [0.2, 0.25) is 0 Å². The molecular weight excluding hydrogens is 238 g/mol. The minimum atomic E-state index is 0.110. The maximum atomic E-state index is 12.1. The van der Waals surface area contributed by atoms with Crippen LogP contribution in [0.5, 0.6) is 0 Å². The van der Waals surface area contributed by atoms with Gasteiger partial charge in [0, 0.05) is 11.3 Å². The van der Waals surface area contributed by atoms with E-state index in [1.54, 1.807) is 6.20 Å². The Bertz CT molecular complexity index is 591. The van der Waals surface area contributed by atoms with Crippen molar-refractivity contribution in [2.45, 2.75) is 12.8 Å². The number of amides is 1. The number of benzene rings is 1. The number of hydrogen-bond acceptors (Lipinski definition) is 3. The highest BCUT2D eigenvalue weighted by atomic mass is 16.1. The van der Waals surface area contributed by atoms with E-state index in [-0.39, 0.29) is 11.8 Å². The molecule has 0 bridgehead atoms. The van der Waals surface area contributed by atoms with Crippen LogP contribution >= 0.6 is 0 Å². The highest BCUT2D eigenvalue weighted by Crippen LogP contribution is 2.18. The van der Waals surface area contributed by atoms with Gasteiger partial charge in [0.25, 0.3) is 0 Å². The van der Waals surface area contributed by atoms with Gasteiger partial charge in [-0.1, -0.05) is 18.2 Å². The van der Waals surface area contributed by atoms with E-state index >= 15 is 0 Å². The van der Waals surface area contributed by atoms with E-state index < -0.39 is 0 Å². The average Bonchev–Trinajstić information content (AvgIpc) is 2.48. The van der Waals surface area contributed by atoms with E-state index in [2.05, 4.69) is 15.6 Å². The van der Waals surface area contributed by atoms with Crippen LogP contribution in [-0.2, 0) is 4.79 Å². The fourth-order valence-electron chi connectivity index (χ4n) is 2.47. The standard InChI is InChI=1S/C15H17N3O/c19-15(11-5-7-16-8-6-11)18-13-9-12-3-1-2-4-14(12)17-10-13/h1-4,9-11,16H,5-8H2,(H,18,19). The molecular formula is C15H17N3O. The Morgan fingerprint density at radius 2 is 2.05 bits per heavy atom. The van der Waals surface area contributed by atoms with Crippen LogP contribution in [0, 0.1) is 5.92 Å². The number of hydrogen-bond donors (Lipinski definition) is 2. The second-order valence-electron chi connectivity index (χ2n) is 4.93. The molecule has 1 aromatic carbocycles. The van der Waals surface area contributed by atoms with Crippen molar-refractivity contribution in [1.29, 1.82) is 0 Å². The molecule has 0 radical (unpaired) electrons. The van der Waals surface area contributed by atoms with Crippen LogP contribution in [0.4, 0.5) is 5.69 Å². The summed E-state index contributed by atoms with van der Waals surface area (Å²) >= 11 is 0. The molecule has 0 unspecified atom stereocenters. The summed E-state index contributed by atoms with van der Waals surface area (Å²) in [6.07, 6.45) is 3.54. The molecule has 2 aromatic rings. The number of nitrogens with zero attached hydrogens (tertiary/aromatic N) is 1. The molecule has 1 aromatic heterocycles. The number of aromatic nitrogens is 1. The molecule has 98 valence electrons. The molecule has 0 aliphatic carbocycles. The monoisotopic (exact) mass is 255 g/mol. The third-order valence-corrected chi connectivity index (χ3v) is 3.57. The lowest BCUT2D eigenvalue weighted by atomic mass is 9.97. The van der Waals surface area contributed by atoms with E-state index in [9.17, 15) is 4.79 Å². The van der Waals surface area contributed by atoms with Gasteiger partial charge in [-0.2, -0.15) is 0 Å². The van der Waals surface area contributed by atoms with E-state index in [1.165, 1.54) is 0 Å². The van der Waals surface area contributed by atoms with Crippen LogP contribution in [0.3, 0.4) is 0 Å². The largest absolute Gasteiger partial charge is 0.324 e. The van der Waals surface area contributed by atoms with Gasteiger partial charge in [0.1, 0.15) is 0 Å². The summed E-state index contributed by atoms with van der Waals surface area (Å²) in [5, 5.41) is 7.29. The Balaban J connectivity index is 1.75. The zero-order valence-corrected chi connectivity index (χ0v) is 10.7. The zero-order valence-electron chi connectivity index (χ0n) is 10.7. The summed E-state index contributed by atoms with van der Waals surface area (Å²) in [6, 6.07) is 9.88. The van der Waals surface area contributed by atoms with Crippen LogP contribution in [-0.4, -0.2) is 24.0 Å². The van der Waals surface area contributed by atoms with Crippen molar-refractivity contribution in [3.63, 3.8) is 0 Å². The Hall–Kier alpha value is -1.94. The first-order valence-corrected chi connectivity index (χ1v) is 6.69. The van der Waals surface area contributed by atoms with Crippen LogP contribution < -0.4 is 10.6 Å². The fraction of sp³-hybridized carbons (Fsp3) is 0.333. The molecule has 2 heterocycles. The van der Waals surface area contributed by atoms with Crippen molar-refractivity contribution in [2.75, 3.05) is 18.4 Å². The van der Waals surface area contributed by atoms with Gasteiger partial charge in [-0.25, -0.2) is 0 Å². The van der Waals surface area contributed by atoms with Crippen molar-refractivity contribution in [3.8, 4) is 0 Å². The van der Waals surface area contributed by atoms with Gasteiger partial charge < -0.3 is 10.6 Å². The predicted molar refractivity (Wildman–Crippen MR) is 76.0 cm³/mol. The van der Waals surface area contributed by atoms with Gasteiger partial charge in [0.15, 0.2) is 0 Å². The van der Waals surface area contributed by atoms with E-state index in [0.29, 0.717) is 0 Å². The first-order chi connectivity index (χ1) is 9.33. The third kappa shape index (κ3) is 2.74. The van der Waals surface area contributed by atoms with Gasteiger partial charge in [-0.05, 0) is 38.1 Å². The molecule has 1 saturated heterocycles. The molecule has 2 N–H and O–H groups in total. The zero-order chi connectivity index (χ0) is 13.1. The number of nitrogens with one attached hydrogen (secondary N) is 2. The maximum absolute atomic E-state index is 12.1. The number of pyridine rings is 1. The molecule has 1 fully saturated rings. The number of rotatable bonds is 2. The minimum Gasteiger partial charge on any atom is -0.324 e. The number of piperidine rings is 1. The smallest absolute Gasteiger partial charge is 0.227 e. The Labute approximate surface area is 112 Å². The number of anilines is 1. The molecule has 0 atom stereocenters. The van der Waals surface area contributed by atoms with E-state index in [0.717, 1.165) is 42.5 Å². The number of fused-ring (bicyclic) bond motifs is 1. The average molecular weight is 255 g/mol. The fourth-order valence-corrected chi connectivity index (χ4v) is 2.47. The molecule has 1 aliphatic rings. The van der Waals surface area contributed by atoms with Gasteiger partial charge >= 0.3 is 0 Å². The molecule has 4 nitrogen and oxygen atoms in total. The molecule has 4 heteroatoms. The molecule has 1 aliphatic heterocycles. The summed E-state index contributed by atoms with van der Waals surface area (Å²) in [5.74, 6) is 0.228. The molecule has 0 spiro atoms. The normalized spacial score (nSPS) is 16.4. The summed E-state index contributed by atoms with van der Waals surface area (Å²) < 4.78 is 0. The van der Waals surface area contributed by atoms with E-state index in [1.807, 2.05) is 30.3 Å². The molecule has 19 heavy (non-hydrogen) atoms. The van der Waals surface area contributed by atoms with Crippen LogP contribution in [0.15, 0.2) is 36.5 Å².